The van der Waals surface area contributed by atoms with Crippen LogP contribution in [0, 0.1) is 5.41 Å². The zero-order chi connectivity index (χ0) is 42.0. The first-order valence-corrected chi connectivity index (χ1v) is 22.7. The van der Waals surface area contributed by atoms with Crippen molar-refractivity contribution < 1.29 is 0 Å². The van der Waals surface area contributed by atoms with Crippen LogP contribution in [0.25, 0.3) is 27.8 Å². The largest absolute Gasteiger partial charge is 0.397 e. The van der Waals surface area contributed by atoms with E-state index in [0.29, 0.717) is 11.4 Å². The molecule has 0 fully saturated rings. The Bertz CT molecular complexity index is 1910. The average molecular weight is 769 g/mol. The second kappa shape index (κ2) is 20.3. The molecule has 310 valence electrons. The zero-order valence-electron chi connectivity index (χ0n) is 38.5. The van der Waals surface area contributed by atoms with E-state index in [9.17, 15) is 0 Å². The van der Waals surface area contributed by atoms with Crippen molar-refractivity contribution in [2.75, 3.05) is 11.5 Å². The van der Waals surface area contributed by atoms with E-state index in [-0.39, 0.29) is 16.2 Å². The summed E-state index contributed by atoms with van der Waals surface area (Å²) in [6.45, 7) is 27.1. The van der Waals surface area contributed by atoms with Gasteiger partial charge in [-0.05, 0) is 108 Å². The molecule has 1 aliphatic carbocycles. The topological polar surface area (TPSA) is 52.0 Å². The van der Waals surface area contributed by atoms with Crippen LogP contribution in [0.2, 0.25) is 0 Å². The highest BCUT2D eigenvalue weighted by molar-refractivity contribution is 5.90. The number of hydrogen-bond donors (Lipinski definition) is 2. The van der Waals surface area contributed by atoms with E-state index in [1.807, 2.05) is 0 Å². The molecule has 0 bridgehead atoms. The molecule has 4 rings (SSSR count). The Balaban J connectivity index is 1.72. The highest BCUT2D eigenvalue weighted by atomic mass is 14.7. The minimum atomic E-state index is 0.0466. The lowest BCUT2D eigenvalue weighted by Crippen LogP contribution is -2.26. The Hall–Kier alpha value is -3.78. The van der Waals surface area contributed by atoms with Crippen LogP contribution in [0.5, 0.6) is 0 Å². The van der Waals surface area contributed by atoms with Gasteiger partial charge in [-0.2, -0.15) is 0 Å². The van der Waals surface area contributed by atoms with Crippen LogP contribution >= 0.6 is 0 Å². The summed E-state index contributed by atoms with van der Waals surface area (Å²) in [5, 5.41) is 0. The van der Waals surface area contributed by atoms with Crippen LogP contribution < -0.4 is 11.5 Å². The monoisotopic (exact) mass is 769 g/mol. The molecule has 0 saturated carbocycles. The van der Waals surface area contributed by atoms with Crippen molar-refractivity contribution in [2.24, 2.45) is 5.41 Å². The molecule has 2 nitrogen and oxygen atoms in total. The number of rotatable bonds is 19. The minimum absolute atomic E-state index is 0.0466. The smallest absolute Gasteiger partial charge is 0.0630 e. The van der Waals surface area contributed by atoms with Crippen LogP contribution in [-0.4, -0.2) is 0 Å². The Morgan fingerprint density at radius 1 is 0.526 bits per heavy atom. The van der Waals surface area contributed by atoms with Crippen LogP contribution in [0.4, 0.5) is 11.4 Å². The molecule has 2 heteroatoms. The lowest BCUT2D eigenvalue weighted by atomic mass is 9.69. The van der Waals surface area contributed by atoms with Gasteiger partial charge in [0.05, 0.1) is 11.4 Å². The Morgan fingerprint density at radius 2 is 0.965 bits per heavy atom. The molecule has 3 aromatic carbocycles. The Morgan fingerprint density at radius 3 is 1.46 bits per heavy atom. The lowest BCUT2D eigenvalue weighted by molar-refractivity contribution is 0.397. The summed E-state index contributed by atoms with van der Waals surface area (Å²) >= 11 is 0. The van der Waals surface area contributed by atoms with Crippen LogP contribution in [0.15, 0.2) is 78.4 Å². The van der Waals surface area contributed by atoms with Gasteiger partial charge in [-0.15, -0.1) is 0 Å². The predicted molar refractivity (Wildman–Crippen MR) is 257 cm³/mol. The molecule has 0 saturated heterocycles. The molecule has 0 aromatic heterocycles. The summed E-state index contributed by atoms with van der Waals surface area (Å²) in [5.41, 5.74) is 30.7. The molecule has 0 radical (unpaired) electrons. The first kappa shape index (κ1) is 45.9. The summed E-state index contributed by atoms with van der Waals surface area (Å²) in [6.07, 6.45) is 27.2. The van der Waals surface area contributed by atoms with Crippen molar-refractivity contribution in [3.63, 3.8) is 0 Å². The van der Waals surface area contributed by atoms with E-state index >= 15 is 0 Å². The fourth-order valence-electron chi connectivity index (χ4n) is 8.63. The molecular weight excluding hydrogens is 689 g/mol. The number of fused-ring (bicyclic) bond motifs is 3. The molecule has 0 aliphatic heterocycles. The second-order valence-corrected chi connectivity index (χ2v) is 19.5. The molecule has 57 heavy (non-hydrogen) atoms. The van der Waals surface area contributed by atoms with Gasteiger partial charge in [-0.25, -0.2) is 0 Å². The molecule has 0 spiro atoms. The van der Waals surface area contributed by atoms with E-state index in [4.69, 9.17) is 11.5 Å². The van der Waals surface area contributed by atoms with Gasteiger partial charge < -0.3 is 11.5 Å². The first-order chi connectivity index (χ1) is 27.0. The van der Waals surface area contributed by atoms with Gasteiger partial charge in [-0.1, -0.05) is 205 Å². The number of allylic oxidation sites excluding steroid dienone is 8. The Kier molecular flexibility index (Phi) is 16.3. The number of benzene rings is 3. The number of nitrogens with two attached hydrogens (primary N) is 2. The Labute approximate surface area is 350 Å². The maximum atomic E-state index is 6.75. The van der Waals surface area contributed by atoms with Crippen LogP contribution in [0.3, 0.4) is 0 Å². The molecule has 3 aromatic rings. The summed E-state index contributed by atoms with van der Waals surface area (Å²) in [4.78, 5) is 0. The minimum Gasteiger partial charge on any atom is -0.397 e. The van der Waals surface area contributed by atoms with Gasteiger partial charge in [-0.3, -0.25) is 0 Å². The third kappa shape index (κ3) is 11.5. The van der Waals surface area contributed by atoms with Crippen LogP contribution in [0.1, 0.15) is 206 Å². The number of hydrogen-bond acceptors (Lipinski definition) is 2. The van der Waals surface area contributed by atoms with Gasteiger partial charge >= 0.3 is 0 Å². The van der Waals surface area contributed by atoms with E-state index in [1.54, 1.807) is 11.1 Å². The number of anilines is 2. The number of unbranched alkanes of at least 4 members (excludes halogenated alkanes) is 10. The van der Waals surface area contributed by atoms with E-state index in [0.717, 1.165) is 22.3 Å². The van der Waals surface area contributed by atoms with Crippen molar-refractivity contribution in [1.82, 2.24) is 0 Å². The average Bonchev–Trinajstić information content (AvgIpc) is 3.43. The van der Waals surface area contributed by atoms with Gasteiger partial charge in [0.1, 0.15) is 0 Å². The summed E-state index contributed by atoms with van der Waals surface area (Å²) in [7, 11) is 0. The van der Waals surface area contributed by atoms with Crippen molar-refractivity contribution in [3.05, 3.63) is 112 Å². The quantitative estimate of drug-likeness (QED) is 0.0725. The summed E-state index contributed by atoms with van der Waals surface area (Å²) in [5.74, 6) is 0. The van der Waals surface area contributed by atoms with Crippen molar-refractivity contribution in [2.45, 2.75) is 184 Å². The maximum absolute atomic E-state index is 6.75. The highest BCUT2D eigenvalue weighted by Gasteiger charge is 2.43. The molecule has 0 atom stereocenters. The molecule has 4 N–H and O–H groups in total. The zero-order valence-corrected chi connectivity index (χ0v) is 38.5. The standard InChI is InChI=1S/C55H80N2/c1-13-15-17-19-21-23-35-55(36-24-22-20-18-16-14-2)49-37-43(29-31-47(49)48-32-30-44(38-50(48)55)54(10,11)12)39(3)25-26-40(4)45-33-34-46(52(57)51(45)56)41(5)27-28-42(6)53(7,8)9/h25-34,37-38H,13-24,35-36,56-57H2,1-12H3/b39-25+,40-26+,41-27+,42-28+. The van der Waals surface area contributed by atoms with E-state index in [2.05, 4.69) is 156 Å². The van der Waals surface area contributed by atoms with Crippen molar-refractivity contribution >= 4 is 28.1 Å². The van der Waals surface area contributed by atoms with Gasteiger partial charge in [0.15, 0.2) is 0 Å². The third-order valence-electron chi connectivity index (χ3n) is 13.1. The fourth-order valence-corrected chi connectivity index (χ4v) is 8.63. The van der Waals surface area contributed by atoms with Gasteiger partial charge in [0.25, 0.3) is 0 Å². The van der Waals surface area contributed by atoms with Crippen molar-refractivity contribution in [1.29, 1.82) is 0 Å². The third-order valence-corrected chi connectivity index (χ3v) is 13.1. The molecular formula is C55H80N2. The van der Waals surface area contributed by atoms with E-state index in [1.165, 1.54) is 123 Å². The van der Waals surface area contributed by atoms with Gasteiger partial charge in [0, 0.05) is 16.5 Å². The summed E-state index contributed by atoms with van der Waals surface area (Å²) in [6, 6.07) is 19.1. The van der Waals surface area contributed by atoms with Gasteiger partial charge in [0.2, 0.25) is 0 Å². The van der Waals surface area contributed by atoms with Crippen LogP contribution in [-0.2, 0) is 10.8 Å². The SMILES string of the molecule is CCCCCCCCC1(CCCCCCCC)c2cc(/C(C)=C/C=C(\C)c3ccc(/C(C)=C/C=C(\C)C(C)(C)C)c(N)c3N)ccc2-c2ccc(C(C)(C)C)cc21. The normalized spacial score (nSPS) is 14.9. The van der Waals surface area contributed by atoms with E-state index < -0.39 is 0 Å². The fraction of sp³-hybridized carbons (Fsp3) is 0.527. The molecule has 0 amide bonds. The maximum Gasteiger partial charge on any atom is 0.0630 e. The predicted octanol–water partition coefficient (Wildman–Crippen LogP) is 16.8. The number of nitrogen functional groups attached to an aromatic ring is 2. The lowest BCUT2D eigenvalue weighted by Gasteiger charge is -2.34. The molecule has 1 aliphatic rings. The summed E-state index contributed by atoms with van der Waals surface area (Å²) < 4.78 is 0. The molecule has 0 unspecified atom stereocenters. The first-order valence-electron chi connectivity index (χ1n) is 22.7. The molecule has 0 heterocycles. The second-order valence-electron chi connectivity index (χ2n) is 19.5. The van der Waals surface area contributed by atoms with Crippen molar-refractivity contribution in [3.8, 4) is 11.1 Å². The highest BCUT2D eigenvalue weighted by Crippen LogP contribution is 2.55.